The molecule has 1 aliphatic heterocycles. The van der Waals surface area contributed by atoms with Gasteiger partial charge >= 0.3 is 0 Å². The maximum Gasteiger partial charge on any atom is 0.247 e. The third-order valence-corrected chi connectivity index (χ3v) is 4.04. The lowest BCUT2D eigenvalue weighted by atomic mass is 10.2. The van der Waals surface area contributed by atoms with Crippen molar-refractivity contribution in [3.8, 4) is 0 Å². The highest BCUT2D eigenvalue weighted by atomic mass is 16.5. The van der Waals surface area contributed by atoms with Crippen molar-refractivity contribution < 1.29 is 13.9 Å². The molecule has 0 aromatic carbocycles. The highest BCUT2D eigenvalue weighted by molar-refractivity contribution is 5.80. The van der Waals surface area contributed by atoms with Crippen molar-refractivity contribution in [2.45, 2.75) is 38.8 Å². The summed E-state index contributed by atoms with van der Waals surface area (Å²) in [4.78, 5) is 14.5. The fourth-order valence-corrected chi connectivity index (χ4v) is 2.61. The van der Waals surface area contributed by atoms with Crippen LogP contribution >= 0.6 is 0 Å². The number of nitrogens with zero attached hydrogens (tertiary/aromatic N) is 4. The zero-order chi connectivity index (χ0) is 16.4. The molecule has 0 aliphatic carbocycles. The quantitative estimate of drug-likeness (QED) is 0.863. The van der Waals surface area contributed by atoms with Gasteiger partial charge in [-0.2, -0.15) is 0 Å². The number of amides is 1. The summed E-state index contributed by atoms with van der Waals surface area (Å²) >= 11 is 0. The van der Waals surface area contributed by atoms with E-state index in [4.69, 9.17) is 9.15 Å². The lowest BCUT2D eigenvalue weighted by Crippen LogP contribution is -2.44. The number of carbonyl (C=O) groups is 1. The molecule has 2 atom stereocenters. The Morgan fingerprint density at radius 3 is 2.65 bits per heavy atom. The molecule has 7 heteroatoms. The van der Waals surface area contributed by atoms with Crippen LogP contribution < -0.4 is 0 Å². The lowest BCUT2D eigenvalue weighted by molar-refractivity contribution is -0.143. The zero-order valence-corrected chi connectivity index (χ0v) is 13.7. The number of aromatic nitrogens is 3. The van der Waals surface area contributed by atoms with Crippen molar-refractivity contribution in [3.05, 3.63) is 36.3 Å². The van der Waals surface area contributed by atoms with Gasteiger partial charge in [-0.05, 0) is 19.1 Å². The second-order valence-corrected chi connectivity index (χ2v) is 6.08. The zero-order valence-electron chi connectivity index (χ0n) is 13.7. The van der Waals surface area contributed by atoms with Gasteiger partial charge in [0.15, 0.2) is 6.10 Å². The summed E-state index contributed by atoms with van der Waals surface area (Å²) in [5, 5.41) is 8.10. The van der Waals surface area contributed by atoms with Crippen LogP contribution in [0.5, 0.6) is 0 Å². The standard InChI is InChI=1S/C16H22N4O3/c1-11(2)14-17-18-15(23-14)13-10-20(8-9-22-13)16(21)12(3)19-6-4-5-7-19/h4-7,11-13H,8-10H2,1-3H3/t12-,13-/m1/s1. The lowest BCUT2D eigenvalue weighted by Gasteiger charge is -2.33. The monoisotopic (exact) mass is 318 g/mol. The van der Waals surface area contributed by atoms with Crippen LogP contribution in [0.2, 0.25) is 0 Å². The van der Waals surface area contributed by atoms with E-state index < -0.39 is 0 Å². The van der Waals surface area contributed by atoms with Crippen LogP contribution in [0.15, 0.2) is 28.9 Å². The molecule has 7 nitrogen and oxygen atoms in total. The number of carbonyl (C=O) groups excluding carboxylic acids is 1. The van der Waals surface area contributed by atoms with Gasteiger partial charge in [0.05, 0.1) is 13.2 Å². The average Bonchev–Trinajstić information content (AvgIpc) is 3.25. The van der Waals surface area contributed by atoms with Gasteiger partial charge in [-0.3, -0.25) is 4.79 Å². The Balaban J connectivity index is 1.69. The van der Waals surface area contributed by atoms with E-state index in [0.717, 1.165) is 0 Å². The normalized spacial score (nSPS) is 20.0. The van der Waals surface area contributed by atoms with Crippen LogP contribution in [0.1, 0.15) is 50.6 Å². The molecule has 2 aromatic rings. The van der Waals surface area contributed by atoms with E-state index in [-0.39, 0.29) is 24.0 Å². The van der Waals surface area contributed by atoms with Crippen molar-refractivity contribution in [3.63, 3.8) is 0 Å². The molecule has 124 valence electrons. The molecule has 0 saturated carbocycles. The Kier molecular flexibility index (Phi) is 4.47. The summed E-state index contributed by atoms with van der Waals surface area (Å²) in [5.41, 5.74) is 0. The van der Waals surface area contributed by atoms with E-state index in [0.29, 0.717) is 31.5 Å². The SMILES string of the molecule is CC(C)c1nnc([C@H]2CN(C(=O)[C@@H](C)n3cccc3)CCO2)o1. The first kappa shape index (κ1) is 15.7. The van der Waals surface area contributed by atoms with Crippen LogP contribution in [-0.2, 0) is 9.53 Å². The second-order valence-electron chi connectivity index (χ2n) is 6.08. The summed E-state index contributed by atoms with van der Waals surface area (Å²) in [7, 11) is 0. The molecule has 1 saturated heterocycles. The van der Waals surface area contributed by atoms with Gasteiger partial charge in [-0.1, -0.05) is 13.8 Å². The Labute approximate surface area is 135 Å². The number of ether oxygens (including phenoxy) is 1. The molecule has 1 amide bonds. The van der Waals surface area contributed by atoms with Gasteiger partial charge in [-0.25, -0.2) is 0 Å². The van der Waals surface area contributed by atoms with Crippen LogP contribution in [0.4, 0.5) is 0 Å². The average molecular weight is 318 g/mol. The van der Waals surface area contributed by atoms with Gasteiger partial charge < -0.3 is 18.6 Å². The summed E-state index contributed by atoms with van der Waals surface area (Å²) in [6, 6.07) is 3.59. The molecular formula is C16H22N4O3. The Morgan fingerprint density at radius 2 is 2.00 bits per heavy atom. The maximum atomic E-state index is 12.7. The number of morpholine rings is 1. The van der Waals surface area contributed by atoms with Crippen molar-refractivity contribution in [2.75, 3.05) is 19.7 Å². The highest BCUT2D eigenvalue weighted by Gasteiger charge is 2.31. The summed E-state index contributed by atoms with van der Waals surface area (Å²) in [5.74, 6) is 1.28. The third kappa shape index (κ3) is 3.29. The number of hydrogen-bond donors (Lipinski definition) is 0. The van der Waals surface area contributed by atoms with Crippen LogP contribution in [0.3, 0.4) is 0 Å². The molecule has 0 N–H and O–H groups in total. The minimum Gasteiger partial charge on any atom is -0.422 e. The second kappa shape index (κ2) is 6.54. The summed E-state index contributed by atoms with van der Waals surface area (Å²) in [6.07, 6.45) is 3.44. The van der Waals surface area contributed by atoms with E-state index in [2.05, 4.69) is 10.2 Å². The predicted molar refractivity (Wildman–Crippen MR) is 82.8 cm³/mol. The van der Waals surface area contributed by atoms with E-state index in [1.54, 1.807) is 4.90 Å². The minimum atomic E-state index is -0.357. The van der Waals surface area contributed by atoms with E-state index in [9.17, 15) is 4.79 Å². The molecule has 23 heavy (non-hydrogen) atoms. The molecule has 0 radical (unpaired) electrons. The fraction of sp³-hybridized carbons (Fsp3) is 0.562. The molecule has 0 bridgehead atoms. The Bertz CT molecular complexity index is 650. The highest BCUT2D eigenvalue weighted by Crippen LogP contribution is 2.24. The summed E-state index contributed by atoms with van der Waals surface area (Å²) < 4.78 is 13.3. The first-order valence-electron chi connectivity index (χ1n) is 7.92. The molecule has 2 aromatic heterocycles. The first-order valence-corrected chi connectivity index (χ1v) is 7.92. The van der Waals surface area contributed by atoms with E-state index >= 15 is 0 Å². The number of hydrogen-bond acceptors (Lipinski definition) is 5. The first-order chi connectivity index (χ1) is 11.1. The molecule has 3 rings (SSSR count). The molecule has 0 spiro atoms. The summed E-state index contributed by atoms with van der Waals surface area (Å²) in [6.45, 7) is 7.36. The van der Waals surface area contributed by atoms with Crippen molar-refractivity contribution >= 4 is 5.91 Å². The molecule has 1 fully saturated rings. The van der Waals surface area contributed by atoms with Crippen molar-refractivity contribution in [1.82, 2.24) is 19.7 Å². The van der Waals surface area contributed by atoms with Crippen molar-refractivity contribution in [1.29, 1.82) is 0 Å². The smallest absolute Gasteiger partial charge is 0.247 e. The van der Waals surface area contributed by atoms with Crippen LogP contribution in [0.25, 0.3) is 0 Å². The van der Waals surface area contributed by atoms with Crippen LogP contribution in [0, 0.1) is 0 Å². The fourth-order valence-electron chi connectivity index (χ4n) is 2.61. The van der Waals surface area contributed by atoms with Gasteiger partial charge in [0.2, 0.25) is 17.7 Å². The van der Waals surface area contributed by atoms with E-state index in [1.165, 1.54) is 0 Å². The van der Waals surface area contributed by atoms with Gasteiger partial charge in [0.1, 0.15) is 6.04 Å². The Morgan fingerprint density at radius 1 is 1.26 bits per heavy atom. The Hall–Kier alpha value is -2.15. The molecule has 1 aliphatic rings. The number of rotatable bonds is 4. The topological polar surface area (TPSA) is 73.4 Å². The van der Waals surface area contributed by atoms with Gasteiger partial charge in [-0.15, -0.1) is 10.2 Å². The van der Waals surface area contributed by atoms with Gasteiger partial charge in [0, 0.05) is 24.9 Å². The molecule has 3 heterocycles. The minimum absolute atomic E-state index is 0.0677. The van der Waals surface area contributed by atoms with Gasteiger partial charge in [0.25, 0.3) is 0 Å². The third-order valence-electron chi connectivity index (χ3n) is 4.04. The largest absolute Gasteiger partial charge is 0.422 e. The molecular weight excluding hydrogens is 296 g/mol. The maximum absolute atomic E-state index is 12.7. The molecule has 0 unspecified atom stereocenters. The van der Waals surface area contributed by atoms with Crippen LogP contribution in [-0.4, -0.2) is 45.3 Å². The van der Waals surface area contributed by atoms with E-state index in [1.807, 2.05) is 49.9 Å². The predicted octanol–water partition coefficient (Wildman–Crippen LogP) is 2.16. The van der Waals surface area contributed by atoms with Crippen molar-refractivity contribution in [2.24, 2.45) is 0 Å².